The van der Waals surface area contributed by atoms with E-state index in [0.717, 1.165) is 38.0 Å². The van der Waals surface area contributed by atoms with E-state index in [0.29, 0.717) is 11.1 Å². The predicted molar refractivity (Wildman–Crippen MR) is 99.7 cm³/mol. The zero-order chi connectivity index (χ0) is 16.8. The molecule has 0 saturated carbocycles. The summed E-state index contributed by atoms with van der Waals surface area (Å²) in [7, 11) is 0. The normalized spacial score (nSPS) is 22.4. The predicted octanol–water partition coefficient (Wildman–Crippen LogP) is 4.60. The molecule has 0 radical (unpaired) electrons. The maximum Gasteiger partial charge on any atom is 0.322 e. The first kappa shape index (κ1) is 17.6. The molecule has 0 aromatic heterocycles. The second-order valence-corrected chi connectivity index (χ2v) is 7.41. The number of anilines is 1. The third-order valence-electron chi connectivity index (χ3n) is 5.19. The lowest BCUT2D eigenvalue weighted by atomic mass is 9.99. The van der Waals surface area contributed by atoms with Crippen LogP contribution in [-0.4, -0.2) is 48.1 Å². The molecule has 1 unspecified atom stereocenters. The van der Waals surface area contributed by atoms with Crippen molar-refractivity contribution in [1.82, 2.24) is 9.80 Å². The molecule has 4 nitrogen and oxygen atoms in total. The van der Waals surface area contributed by atoms with E-state index in [1.165, 1.54) is 38.8 Å². The summed E-state index contributed by atoms with van der Waals surface area (Å²) in [5.74, 6) is 0. The quantitative estimate of drug-likeness (QED) is 0.862. The first-order valence-corrected chi connectivity index (χ1v) is 9.66. The van der Waals surface area contributed by atoms with E-state index in [1.54, 1.807) is 6.07 Å². The molecule has 0 bridgehead atoms. The van der Waals surface area contributed by atoms with Crippen LogP contribution >= 0.6 is 11.6 Å². The van der Waals surface area contributed by atoms with Crippen LogP contribution < -0.4 is 5.32 Å². The molecule has 0 aliphatic carbocycles. The molecule has 1 aromatic carbocycles. The van der Waals surface area contributed by atoms with Gasteiger partial charge < -0.3 is 15.1 Å². The van der Waals surface area contributed by atoms with E-state index in [-0.39, 0.29) is 6.03 Å². The first-order valence-electron chi connectivity index (χ1n) is 9.28. The standard InChI is InChI=1S/C19H28ClN3O/c20-16-7-6-8-17(15-16)21-19(24)23-13-5-2-9-18(23)10-14-22-11-3-1-4-12-22/h6-8,15,18H,1-5,9-14H2,(H,21,24). The Balaban J connectivity index is 1.55. The molecule has 132 valence electrons. The lowest BCUT2D eigenvalue weighted by Gasteiger charge is -2.37. The third kappa shape index (κ3) is 4.87. The van der Waals surface area contributed by atoms with Gasteiger partial charge in [0, 0.05) is 29.8 Å². The number of rotatable bonds is 4. The second-order valence-electron chi connectivity index (χ2n) is 6.97. The maximum absolute atomic E-state index is 12.7. The van der Waals surface area contributed by atoms with Crippen molar-refractivity contribution in [2.75, 3.05) is 31.5 Å². The summed E-state index contributed by atoms with van der Waals surface area (Å²) < 4.78 is 0. The molecule has 2 saturated heterocycles. The molecule has 2 aliphatic rings. The van der Waals surface area contributed by atoms with Crippen LogP contribution in [0.25, 0.3) is 0 Å². The summed E-state index contributed by atoms with van der Waals surface area (Å²) >= 11 is 6.01. The van der Waals surface area contributed by atoms with Gasteiger partial charge in [0.1, 0.15) is 0 Å². The summed E-state index contributed by atoms with van der Waals surface area (Å²) in [6, 6.07) is 7.74. The molecule has 24 heavy (non-hydrogen) atoms. The summed E-state index contributed by atoms with van der Waals surface area (Å²) in [5, 5.41) is 3.66. The fourth-order valence-electron chi connectivity index (χ4n) is 3.84. The van der Waals surface area contributed by atoms with Gasteiger partial charge in [-0.25, -0.2) is 4.79 Å². The number of likely N-dealkylation sites (tertiary alicyclic amines) is 2. The number of benzene rings is 1. The summed E-state index contributed by atoms with van der Waals surface area (Å²) in [6.45, 7) is 4.42. The minimum Gasteiger partial charge on any atom is -0.322 e. The van der Waals surface area contributed by atoms with Crippen LogP contribution in [0.4, 0.5) is 10.5 Å². The van der Waals surface area contributed by atoms with Gasteiger partial charge in [-0.05, 0) is 69.8 Å². The Morgan fingerprint density at radius 1 is 1.12 bits per heavy atom. The molecule has 3 rings (SSSR count). The molecule has 2 fully saturated rings. The van der Waals surface area contributed by atoms with Crippen molar-refractivity contribution in [1.29, 1.82) is 0 Å². The van der Waals surface area contributed by atoms with E-state index < -0.39 is 0 Å². The Morgan fingerprint density at radius 2 is 1.92 bits per heavy atom. The highest BCUT2D eigenvalue weighted by molar-refractivity contribution is 6.30. The van der Waals surface area contributed by atoms with Gasteiger partial charge in [-0.3, -0.25) is 0 Å². The van der Waals surface area contributed by atoms with E-state index in [1.807, 2.05) is 23.1 Å². The SMILES string of the molecule is O=C(Nc1cccc(Cl)c1)N1CCCCC1CCN1CCCCC1. The topological polar surface area (TPSA) is 35.6 Å². The van der Waals surface area contributed by atoms with Gasteiger partial charge in [-0.1, -0.05) is 24.1 Å². The Hall–Kier alpha value is -1.26. The third-order valence-corrected chi connectivity index (χ3v) is 5.43. The zero-order valence-corrected chi connectivity index (χ0v) is 15.1. The van der Waals surface area contributed by atoms with Crippen LogP contribution in [0.3, 0.4) is 0 Å². The van der Waals surface area contributed by atoms with E-state index in [9.17, 15) is 4.79 Å². The Bertz CT molecular complexity index is 545. The summed E-state index contributed by atoms with van der Waals surface area (Å²) in [5.41, 5.74) is 0.771. The van der Waals surface area contributed by atoms with Crippen molar-refractivity contribution >= 4 is 23.3 Å². The van der Waals surface area contributed by atoms with Crippen molar-refractivity contribution in [2.24, 2.45) is 0 Å². The Labute approximate surface area is 150 Å². The maximum atomic E-state index is 12.7. The lowest BCUT2D eigenvalue weighted by molar-refractivity contribution is 0.140. The molecular weight excluding hydrogens is 322 g/mol. The number of amides is 2. The molecule has 0 spiro atoms. The highest BCUT2D eigenvalue weighted by atomic mass is 35.5. The van der Waals surface area contributed by atoms with E-state index in [4.69, 9.17) is 11.6 Å². The Kier molecular flexibility index (Phi) is 6.38. The molecular formula is C19H28ClN3O. The van der Waals surface area contributed by atoms with Gasteiger partial charge in [0.2, 0.25) is 0 Å². The number of hydrogen-bond donors (Lipinski definition) is 1. The van der Waals surface area contributed by atoms with Gasteiger partial charge in [0.05, 0.1) is 0 Å². The highest BCUT2D eigenvalue weighted by Crippen LogP contribution is 2.23. The van der Waals surface area contributed by atoms with Crippen molar-refractivity contribution in [3.05, 3.63) is 29.3 Å². The molecule has 5 heteroatoms. The van der Waals surface area contributed by atoms with Gasteiger partial charge in [-0.2, -0.15) is 0 Å². The number of halogens is 1. The minimum atomic E-state index is 0.0145. The average molecular weight is 350 g/mol. The smallest absolute Gasteiger partial charge is 0.322 e. The molecule has 1 aromatic rings. The summed E-state index contributed by atoms with van der Waals surface area (Å²) in [6.07, 6.45) is 8.55. The van der Waals surface area contributed by atoms with Crippen molar-refractivity contribution in [3.8, 4) is 0 Å². The van der Waals surface area contributed by atoms with Gasteiger partial charge >= 0.3 is 6.03 Å². The zero-order valence-electron chi connectivity index (χ0n) is 14.3. The van der Waals surface area contributed by atoms with Crippen LogP contribution in [-0.2, 0) is 0 Å². The van der Waals surface area contributed by atoms with Gasteiger partial charge in [0.25, 0.3) is 0 Å². The number of piperidine rings is 2. The number of hydrogen-bond acceptors (Lipinski definition) is 2. The monoisotopic (exact) mass is 349 g/mol. The lowest BCUT2D eigenvalue weighted by Crippen LogP contribution is -2.47. The van der Waals surface area contributed by atoms with Crippen LogP contribution in [0.2, 0.25) is 5.02 Å². The molecule has 2 aliphatic heterocycles. The average Bonchev–Trinajstić information content (AvgIpc) is 2.61. The van der Waals surface area contributed by atoms with Crippen LogP contribution in [0.1, 0.15) is 44.9 Å². The molecule has 1 atom stereocenters. The fraction of sp³-hybridized carbons (Fsp3) is 0.632. The van der Waals surface area contributed by atoms with Crippen LogP contribution in [0.15, 0.2) is 24.3 Å². The first-order chi connectivity index (χ1) is 11.7. The highest BCUT2D eigenvalue weighted by Gasteiger charge is 2.27. The van der Waals surface area contributed by atoms with E-state index >= 15 is 0 Å². The van der Waals surface area contributed by atoms with Crippen LogP contribution in [0.5, 0.6) is 0 Å². The minimum absolute atomic E-state index is 0.0145. The van der Waals surface area contributed by atoms with Gasteiger partial charge in [-0.15, -0.1) is 0 Å². The Morgan fingerprint density at radius 3 is 2.71 bits per heavy atom. The number of nitrogens with one attached hydrogen (secondary N) is 1. The van der Waals surface area contributed by atoms with Crippen LogP contribution in [0, 0.1) is 0 Å². The molecule has 2 amide bonds. The molecule has 2 heterocycles. The number of urea groups is 1. The van der Waals surface area contributed by atoms with E-state index in [2.05, 4.69) is 10.2 Å². The van der Waals surface area contributed by atoms with Crippen molar-refractivity contribution in [2.45, 2.75) is 51.0 Å². The summed E-state index contributed by atoms with van der Waals surface area (Å²) in [4.78, 5) is 17.3. The number of carbonyl (C=O) groups is 1. The van der Waals surface area contributed by atoms with Crippen molar-refractivity contribution < 1.29 is 4.79 Å². The van der Waals surface area contributed by atoms with Crippen molar-refractivity contribution in [3.63, 3.8) is 0 Å². The number of nitrogens with zero attached hydrogens (tertiary/aromatic N) is 2. The largest absolute Gasteiger partial charge is 0.322 e. The fourth-order valence-corrected chi connectivity index (χ4v) is 4.03. The molecule has 1 N–H and O–H groups in total. The second kappa shape index (κ2) is 8.72. The number of carbonyl (C=O) groups excluding carboxylic acids is 1. The van der Waals surface area contributed by atoms with Gasteiger partial charge in [0.15, 0.2) is 0 Å².